The molecule has 0 aromatic rings. The summed E-state index contributed by atoms with van der Waals surface area (Å²) in [6.45, 7) is 8.58. The Kier molecular flexibility index (Phi) is 6.27. The van der Waals surface area contributed by atoms with Gasteiger partial charge in [0.05, 0.1) is 13.2 Å². The smallest absolute Gasteiger partial charge is 0.122 e. The molecule has 0 aromatic heterocycles. The third kappa shape index (κ3) is 3.17. The SMILES string of the molecule is C#CC(O)C(CC)(CC)COCC=C. The number of hydrogen-bond donors (Lipinski definition) is 1. The van der Waals surface area contributed by atoms with Crippen molar-refractivity contribution in [2.75, 3.05) is 13.2 Å². The van der Waals surface area contributed by atoms with Crippen LogP contribution in [0.25, 0.3) is 0 Å². The Morgan fingerprint density at radius 2 is 2.14 bits per heavy atom. The highest BCUT2D eigenvalue weighted by Gasteiger charge is 2.33. The van der Waals surface area contributed by atoms with E-state index in [1.807, 2.05) is 13.8 Å². The molecule has 14 heavy (non-hydrogen) atoms. The molecule has 0 aliphatic heterocycles. The molecule has 0 heterocycles. The van der Waals surface area contributed by atoms with E-state index in [2.05, 4.69) is 12.5 Å². The monoisotopic (exact) mass is 196 g/mol. The molecule has 1 atom stereocenters. The zero-order chi connectivity index (χ0) is 11.0. The Bertz CT molecular complexity index is 199. The van der Waals surface area contributed by atoms with Gasteiger partial charge in [-0.15, -0.1) is 13.0 Å². The Balaban J connectivity index is 4.38. The lowest BCUT2D eigenvalue weighted by atomic mass is 9.78. The van der Waals surface area contributed by atoms with Crippen LogP contribution in [0.5, 0.6) is 0 Å². The van der Waals surface area contributed by atoms with Crippen LogP contribution in [0.4, 0.5) is 0 Å². The first-order valence-electron chi connectivity index (χ1n) is 4.99. The minimum Gasteiger partial charge on any atom is -0.380 e. The van der Waals surface area contributed by atoms with Gasteiger partial charge in [-0.25, -0.2) is 0 Å². The predicted molar refractivity (Wildman–Crippen MR) is 58.9 cm³/mol. The molecule has 0 saturated heterocycles. The molecule has 0 amide bonds. The van der Waals surface area contributed by atoms with Gasteiger partial charge in [0.15, 0.2) is 0 Å². The van der Waals surface area contributed by atoms with Gasteiger partial charge in [0.1, 0.15) is 6.10 Å². The van der Waals surface area contributed by atoms with Crippen molar-refractivity contribution in [2.24, 2.45) is 5.41 Å². The summed E-state index contributed by atoms with van der Waals surface area (Å²) in [6, 6.07) is 0. The quantitative estimate of drug-likeness (QED) is 0.383. The zero-order valence-electron chi connectivity index (χ0n) is 9.12. The second-order valence-corrected chi connectivity index (χ2v) is 3.44. The summed E-state index contributed by atoms with van der Waals surface area (Å²) < 4.78 is 5.38. The first-order chi connectivity index (χ1) is 6.66. The third-order valence-electron chi connectivity index (χ3n) is 2.77. The summed E-state index contributed by atoms with van der Waals surface area (Å²) in [5.74, 6) is 2.38. The molecule has 0 rings (SSSR count). The highest BCUT2D eigenvalue weighted by molar-refractivity contribution is 5.03. The maximum absolute atomic E-state index is 9.73. The first kappa shape index (κ1) is 13.2. The average Bonchev–Trinajstić information content (AvgIpc) is 2.24. The molecule has 0 fully saturated rings. The molecule has 0 saturated carbocycles. The second-order valence-electron chi connectivity index (χ2n) is 3.44. The van der Waals surface area contributed by atoms with Gasteiger partial charge < -0.3 is 9.84 Å². The fourth-order valence-electron chi connectivity index (χ4n) is 1.44. The van der Waals surface area contributed by atoms with Gasteiger partial charge in [-0.2, -0.15) is 0 Å². The maximum atomic E-state index is 9.73. The summed E-state index contributed by atoms with van der Waals surface area (Å²) in [5, 5.41) is 9.73. The topological polar surface area (TPSA) is 29.5 Å². The van der Waals surface area contributed by atoms with E-state index in [4.69, 9.17) is 11.2 Å². The van der Waals surface area contributed by atoms with Crippen LogP contribution in [0.2, 0.25) is 0 Å². The number of hydrogen-bond acceptors (Lipinski definition) is 2. The van der Waals surface area contributed by atoms with Crippen molar-refractivity contribution < 1.29 is 9.84 Å². The van der Waals surface area contributed by atoms with E-state index in [0.717, 1.165) is 12.8 Å². The lowest BCUT2D eigenvalue weighted by Gasteiger charge is -2.33. The van der Waals surface area contributed by atoms with E-state index < -0.39 is 6.10 Å². The number of aliphatic hydroxyl groups excluding tert-OH is 1. The van der Waals surface area contributed by atoms with E-state index in [9.17, 15) is 5.11 Å². The molecule has 0 spiro atoms. The normalized spacial score (nSPS) is 13.3. The first-order valence-corrected chi connectivity index (χ1v) is 4.99. The summed E-state index contributed by atoms with van der Waals surface area (Å²) >= 11 is 0. The summed E-state index contributed by atoms with van der Waals surface area (Å²) in [7, 11) is 0. The largest absolute Gasteiger partial charge is 0.380 e. The van der Waals surface area contributed by atoms with E-state index in [-0.39, 0.29) is 5.41 Å². The average molecular weight is 196 g/mol. The highest BCUT2D eigenvalue weighted by Crippen LogP contribution is 2.30. The van der Waals surface area contributed by atoms with Crippen LogP contribution < -0.4 is 0 Å². The molecule has 0 aliphatic rings. The fraction of sp³-hybridized carbons (Fsp3) is 0.667. The molecular weight excluding hydrogens is 176 g/mol. The minimum absolute atomic E-state index is 0.308. The molecule has 80 valence electrons. The van der Waals surface area contributed by atoms with Crippen molar-refractivity contribution in [3.63, 3.8) is 0 Å². The third-order valence-corrected chi connectivity index (χ3v) is 2.77. The van der Waals surface area contributed by atoms with E-state index in [0.29, 0.717) is 13.2 Å². The molecular formula is C12H20O2. The molecule has 2 heteroatoms. The predicted octanol–water partition coefficient (Wildman–Crippen LogP) is 1.99. The van der Waals surface area contributed by atoms with Crippen molar-refractivity contribution >= 4 is 0 Å². The van der Waals surface area contributed by atoms with Crippen LogP contribution in [0.1, 0.15) is 26.7 Å². The fourth-order valence-corrected chi connectivity index (χ4v) is 1.44. The van der Waals surface area contributed by atoms with Crippen molar-refractivity contribution in [1.82, 2.24) is 0 Å². The van der Waals surface area contributed by atoms with Gasteiger partial charge in [-0.05, 0) is 12.8 Å². The van der Waals surface area contributed by atoms with E-state index in [1.165, 1.54) is 0 Å². The number of aliphatic hydroxyl groups is 1. The lowest BCUT2D eigenvalue weighted by molar-refractivity contribution is -0.0182. The Morgan fingerprint density at radius 3 is 2.50 bits per heavy atom. The Hall–Kier alpha value is -0.780. The molecule has 0 bridgehead atoms. The minimum atomic E-state index is -0.734. The van der Waals surface area contributed by atoms with Crippen molar-refractivity contribution in [3.05, 3.63) is 12.7 Å². The van der Waals surface area contributed by atoms with Crippen LogP contribution in [-0.2, 0) is 4.74 Å². The van der Waals surface area contributed by atoms with Crippen LogP contribution >= 0.6 is 0 Å². The van der Waals surface area contributed by atoms with Crippen molar-refractivity contribution in [2.45, 2.75) is 32.8 Å². The van der Waals surface area contributed by atoms with Gasteiger partial charge >= 0.3 is 0 Å². The second kappa shape index (κ2) is 6.64. The summed E-state index contributed by atoms with van der Waals surface area (Å²) in [6.07, 6.45) is 7.82. The van der Waals surface area contributed by atoms with Gasteiger partial charge in [0.25, 0.3) is 0 Å². The van der Waals surface area contributed by atoms with Crippen LogP contribution in [0.3, 0.4) is 0 Å². The Morgan fingerprint density at radius 1 is 1.57 bits per heavy atom. The summed E-state index contributed by atoms with van der Waals surface area (Å²) in [4.78, 5) is 0. The van der Waals surface area contributed by atoms with Crippen LogP contribution in [-0.4, -0.2) is 24.4 Å². The number of terminal acetylenes is 1. The molecule has 0 aliphatic carbocycles. The van der Waals surface area contributed by atoms with Gasteiger partial charge in [-0.3, -0.25) is 0 Å². The van der Waals surface area contributed by atoms with Crippen molar-refractivity contribution in [3.8, 4) is 12.3 Å². The molecule has 0 radical (unpaired) electrons. The summed E-state index contributed by atoms with van der Waals surface area (Å²) in [5.41, 5.74) is -0.308. The Labute approximate surface area is 87.0 Å². The molecule has 1 N–H and O–H groups in total. The number of ether oxygens (including phenoxy) is 1. The van der Waals surface area contributed by atoms with Gasteiger partial charge in [0.2, 0.25) is 0 Å². The molecule has 0 aromatic carbocycles. The lowest BCUT2D eigenvalue weighted by Crippen LogP contribution is -2.37. The van der Waals surface area contributed by atoms with Gasteiger partial charge in [0, 0.05) is 5.41 Å². The van der Waals surface area contributed by atoms with Crippen LogP contribution in [0, 0.1) is 17.8 Å². The number of rotatable bonds is 7. The molecule has 2 nitrogen and oxygen atoms in total. The van der Waals surface area contributed by atoms with Gasteiger partial charge in [-0.1, -0.05) is 25.8 Å². The highest BCUT2D eigenvalue weighted by atomic mass is 16.5. The van der Waals surface area contributed by atoms with Crippen molar-refractivity contribution in [1.29, 1.82) is 0 Å². The maximum Gasteiger partial charge on any atom is 0.122 e. The van der Waals surface area contributed by atoms with Crippen LogP contribution in [0.15, 0.2) is 12.7 Å². The zero-order valence-corrected chi connectivity index (χ0v) is 9.12. The van der Waals surface area contributed by atoms with E-state index >= 15 is 0 Å². The van der Waals surface area contributed by atoms with E-state index in [1.54, 1.807) is 6.08 Å². The standard InChI is InChI=1S/C12H20O2/c1-5-9-14-10-12(7-3,8-4)11(13)6-2/h2,5,11,13H,1,7-10H2,3-4H3. The molecule has 1 unspecified atom stereocenters.